The maximum Gasteiger partial charge on any atom is 0.313 e. The van der Waals surface area contributed by atoms with E-state index in [2.05, 4.69) is 14.7 Å². The highest BCUT2D eigenvalue weighted by Gasteiger charge is 2.11. The summed E-state index contributed by atoms with van der Waals surface area (Å²) in [6.07, 6.45) is 1.17. The first-order chi connectivity index (χ1) is 8.40. The Hall–Kier alpha value is -1.89. The number of hydrogen-bond donors (Lipinski definition) is 1. The second-order valence-electron chi connectivity index (χ2n) is 3.89. The predicted molar refractivity (Wildman–Crippen MR) is 64.9 cm³/mol. The molecule has 0 spiro atoms. The number of rotatable bonds is 3. The van der Waals surface area contributed by atoms with Crippen LogP contribution >= 0.6 is 0 Å². The van der Waals surface area contributed by atoms with Crippen LogP contribution in [0.2, 0.25) is 0 Å². The van der Waals surface area contributed by atoms with Crippen molar-refractivity contribution in [3.05, 3.63) is 24.0 Å². The van der Waals surface area contributed by atoms with Crippen molar-refractivity contribution in [2.75, 3.05) is 13.4 Å². The standard InChI is InChI=1S/C11H12N2O4S/c1-17-11(14)6-10-12-8-4-3-7(18(2,15)16)5-9(8)13-10/h3-5H,6H2,1-2H3,(H,12,13). The van der Waals surface area contributed by atoms with Gasteiger partial charge in [0.15, 0.2) is 9.84 Å². The molecule has 0 aliphatic heterocycles. The molecule has 0 saturated heterocycles. The monoisotopic (exact) mass is 268 g/mol. The Labute approximate surface area is 104 Å². The first-order valence-corrected chi connectivity index (χ1v) is 7.05. The van der Waals surface area contributed by atoms with Gasteiger partial charge in [0.25, 0.3) is 0 Å². The molecule has 2 aromatic rings. The van der Waals surface area contributed by atoms with Gasteiger partial charge < -0.3 is 9.72 Å². The van der Waals surface area contributed by atoms with E-state index in [9.17, 15) is 13.2 Å². The number of methoxy groups -OCH3 is 1. The van der Waals surface area contributed by atoms with Crippen molar-refractivity contribution < 1.29 is 17.9 Å². The van der Waals surface area contributed by atoms with Gasteiger partial charge in [0.1, 0.15) is 12.2 Å². The Morgan fingerprint density at radius 2 is 2.17 bits per heavy atom. The van der Waals surface area contributed by atoms with Gasteiger partial charge in [-0.3, -0.25) is 4.79 Å². The molecule has 0 bridgehead atoms. The molecule has 2 rings (SSSR count). The van der Waals surface area contributed by atoms with E-state index in [1.165, 1.54) is 19.2 Å². The highest BCUT2D eigenvalue weighted by molar-refractivity contribution is 7.90. The molecule has 0 fully saturated rings. The molecule has 0 atom stereocenters. The summed E-state index contributed by atoms with van der Waals surface area (Å²) in [6.45, 7) is 0. The van der Waals surface area contributed by atoms with E-state index in [4.69, 9.17) is 0 Å². The molecule has 0 unspecified atom stereocenters. The molecule has 0 radical (unpaired) electrons. The molecule has 0 saturated carbocycles. The van der Waals surface area contributed by atoms with Gasteiger partial charge in [-0.15, -0.1) is 0 Å². The summed E-state index contributed by atoms with van der Waals surface area (Å²) in [5.74, 6) is 0.0416. The zero-order chi connectivity index (χ0) is 13.3. The molecule has 1 aromatic carbocycles. The van der Waals surface area contributed by atoms with E-state index in [0.29, 0.717) is 16.9 Å². The zero-order valence-electron chi connectivity index (χ0n) is 9.93. The fraction of sp³-hybridized carbons (Fsp3) is 0.273. The summed E-state index contributed by atoms with van der Waals surface area (Å²) >= 11 is 0. The molecular weight excluding hydrogens is 256 g/mol. The maximum atomic E-state index is 11.4. The van der Waals surface area contributed by atoms with Crippen molar-refractivity contribution in [1.29, 1.82) is 0 Å². The maximum absolute atomic E-state index is 11.4. The Bertz CT molecular complexity index is 703. The van der Waals surface area contributed by atoms with E-state index in [-0.39, 0.29) is 11.3 Å². The first-order valence-electron chi connectivity index (χ1n) is 5.15. The van der Waals surface area contributed by atoms with Crippen molar-refractivity contribution in [2.24, 2.45) is 0 Å². The van der Waals surface area contributed by atoms with Crippen molar-refractivity contribution in [1.82, 2.24) is 9.97 Å². The summed E-state index contributed by atoms with van der Waals surface area (Å²) < 4.78 is 27.3. The van der Waals surface area contributed by atoms with Crippen molar-refractivity contribution in [2.45, 2.75) is 11.3 Å². The van der Waals surface area contributed by atoms with E-state index >= 15 is 0 Å². The average molecular weight is 268 g/mol. The number of fused-ring (bicyclic) bond motifs is 1. The minimum absolute atomic E-state index is 0.0272. The van der Waals surface area contributed by atoms with Gasteiger partial charge in [-0.25, -0.2) is 13.4 Å². The Morgan fingerprint density at radius 3 is 2.78 bits per heavy atom. The third kappa shape index (κ3) is 2.51. The van der Waals surface area contributed by atoms with Crippen LogP contribution in [0.1, 0.15) is 5.82 Å². The number of nitrogens with one attached hydrogen (secondary N) is 1. The lowest BCUT2D eigenvalue weighted by Gasteiger charge is -1.96. The summed E-state index contributed by atoms with van der Waals surface area (Å²) in [6, 6.07) is 4.59. The molecule has 1 N–H and O–H groups in total. The second-order valence-corrected chi connectivity index (χ2v) is 5.90. The van der Waals surface area contributed by atoms with E-state index in [1.54, 1.807) is 6.07 Å². The van der Waals surface area contributed by atoms with Crippen LogP contribution in [0, 0.1) is 0 Å². The number of benzene rings is 1. The predicted octanol–water partition coefficient (Wildman–Crippen LogP) is 0.682. The summed E-state index contributed by atoms with van der Waals surface area (Å²) in [5, 5.41) is 0. The van der Waals surface area contributed by atoms with Crippen LogP contribution in [0.15, 0.2) is 23.1 Å². The van der Waals surface area contributed by atoms with Gasteiger partial charge in [0, 0.05) is 6.26 Å². The van der Waals surface area contributed by atoms with Gasteiger partial charge in [0.2, 0.25) is 0 Å². The van der Waals surface area contributed by atoms with Crippen LogP contribution < -0.4 is 0 Å². The van der Waals surface area contributed by atoms with Gasteiger partial charge in [-0.1, -0.05) is 0 Å². The van der Waals surface area contributed by atoms with Crippen LogP contribution in [-0.4, -0.2) is 37.7 Å². The highest BCUT2D eigenvalue weighted by atomic mass is 32.2. The average Bonchev–Trinajstić information content (AvgIpc) is 2.68. The molecule has 1 heterocycles. The van der Waals surface area contributed by atoms with Gasteiger partial charge in [-0.2, -0.15) is 0 Å². The topological polar surface area (TPSA) is 89.1 Å². The molecule has 0 aliphatic rings. The third-order valence-electron chi connectivity index (χ3n) is 2.47. The van der Waals surface area contributed by atoms with Crippen molar-refractivity contribution in [3.63, 3.8) is 0 Å². The number of imidazole rings is 1. The number of carbonyl (C=O) groups is 1. The first kappa shape index (κ1) is 12.6. The number of hydrogen-bond acceptors (Lipinski definition) is 5. The Balaban J connectivity index is 2.43. The third-order valence-corrected chi connectivity index (χ3v) is 3.58. The number of carbonyl (C=O) groups excluding carboxylic acids is 1. The number of esters is 1. The summed E-state index contributed by atoms with van der Waals surface area (Å²) in [4.78, 5) is 18.4. The molecule has 7 heteroatoms. The number of aromatic nitrogens is 2. The van der Waals surface area contributed by atoms with Crippen molar-refractivity contribution in [3.8, 4) is 0 Å². The van der Waals surface area contributed by atoms with Gasteiger partial charge >= 0.3 is 5.97 Å². The lowest BCUT2D eigenvalue weighted by Crippen LogP contribution is -2.05. The lowest BCUT2D eigenvalue weighted by molar-refractivity contribution is -0.139. The van der Waals surface area contributed by atoms with Crippen LogP contribution in [0.3, 0.4) is 0 Å². The van der Waals surface area contributed by atoms with Crippen molar-refractivity contribution >= 4 is 26.8 Å². The fourth-order valence-corrected chi connectivity index (χ4v) is 2.21. The molecular formula is C11H12N2O4S. The molecule has 18 heavy (non-hydrogen) atoms. The fourth-order valence-electron chi connectivity index (χ4n) is 1.56. The largest absolute Gasteiger partial charge is 0.469 e. The van der Waals surface area contributed by atoms with Crippen LogP contribution in [0.5, 0.6) is 0 Å². The second kappa shape index (κ2) is 4.41. The quantitative estimate of drug-likeness (QED) is 0.827. The van der Waals surface area contributed by atoms with E-state index in [0.717, 1.165) is 6.26 Å². The molecule has 0 aliphatic carbocycles. The van der Waals surface area contributed by atoms with E-state index in [1.807, 2.05) is 0 Å². The number of sulfone groups is 1. The minimum Gasteiger partial charge on any atom is -0.469 e. The Morgan fingerprint density at radius 1 is 1.44 bits per heavy atom. The molecule has 1 aromatic heterocycles. The molecule has 96 valence electrons. The smallest absolute Gasteiger partial charge is 0.313 e. The molecule has 6 nitrogen and oxygen atoms in total. The normalized spacial score (nSPS) is 11.7. The highest BCUT2D eigenvalue weighted by Crippen LogP contribution is 2.17. The van der Waals surface area contributed by atoms with Crippen LogP contribution in [-0.2, 0) is 25.8 Å². The van der Waals surface area contributed by atoms with E-state index < -0.39 is 15.8 Å². The minimum atomic E-state index is -3.25. The number of aromatic amines is 1. The number of nitrogens with zero attached hydrogens (tertiary/aromatic N) is 1. The zero-order valence-corrected chi connectivity index (χ0v) is 10.7. The summed E-state index contributed by atoms with van der Waals surface area (Å²) in [5.41, 5.74) is 1.19. The Kier molecular flexibility index (Phi) is 3.08. The SMILES string of the molecule is COC(=O)Cc1nc2ccc(S(C)(=O)=O)cc2[nH]1. The number of ether oxygens (including phenoxy) is 1. The van der Waals surface area contributed by atoms with Crippen LogP contribution in [0.25, 0.3) is 11.0 Å². The lowest BCUT2D eigenvalue weighted by atomic mass is 10.3. The summed E-state index contributed by atoms with van der Waals surface area (Å²) in [7, 11) is -1.95. The van der Waals surface area contributed by atoms with Gasteiger partial charge in [0.05, 0.1) is 23.0 Å². The van der Waals surface area contributed by atoms with Gasteiger partial charge in [-0.05, 0) is 18.2 Å². The molecule has 0 amide bonds. The van der Waals surface area contributed by atoms with Crippen LogP contribution in [0.4, 0.5) is 0 Å². The number of H-pyrrole nitrogens is 1.